The van der Waals surface area contributed by atoms with Crippen molar-refractivity contribution in [3.63, 3.8) is 0 Å². The van der Waals surface area contributed by atoms with E-state index in [0.717, 1.165) is 38.2 Å². The van der Waals surface area contributed by atoms with Gasteiger partial charge in [0.25, 0.3) is 5.91 Å². The highest BCUT2D eigenvalue weighted by atomic mass is 16.3. The number of likely N-dealkylation sites (tertiary alicyclic amines) is 2. The third-order valence-electron chi connectivity index (χ3n) is 4.69. The van der Waals surface area contributed by atoms with Crippen molar-refractivity contribution in [2.45, 2.75) is 25.5 Å². The van der Waals surface area contributed by atoms with Gasteiger partial charge in [-0.1, -0.05) is 0 Å². The molecular weight excluding hydrogens is 310 g/mol. The number of hydrogen-bond donors (Lipinski definition) is 1. The van der Waals surface area contributed by atoms with E-state index in [1.165, 1.54) is 6.26 Å². The highest BCUT2D eigenvalue weighted by Gasteiger charge is 2.33. The predicted molar refractivity (Wildman–Crippen MR) is 84.2 cm³/mol. The third-order valence-corrected chi connectivity index (χ3v) is 4.69. The molecule has 1 unspecified atom stereocenters. The minimum absolute atomic E-state index is 0.0813. The fourth-order valence-corrected chi connectivity index (χ4v) is 3.37. The van der Waals surface area contributed by atoms with E-state index in [9.17, 15) is 9.90 Å². The Bertz CT molecular complexity index is 691. The van der Waals surface area contributed by atoms with Crippen LogP contribution in [0.25, 0.3) is 0 Å². The van der Waals surface area contributed by atoms with E-state index >= 15 is 0 Å². The molecule has 1 N–H and O–H groups in total. The lowest BCUT2D eigenvalue weighted by Crippen LogP contribution is -2.50. The molecular formula is C17H21N3O4. The van der Waals surface area contributed by atoms with Crippen LogP contribution in [0, 0.1) is 5.92 Å². The lowest BCUT2D eigenvalue weighted by atomic mass is 9.95. The molecule has 1 amide bonds. The topological polar surface area (TPSA) is 83.0 Å². The van der Waals surface area contributed by atoms with Gasteiger partial charge in [0.05, 0.1) is 18.9 Å². The van der Waals surface area contributed by atoms with Gasteiger partial charge in [-0.25, -0.2) is 4.98 Å². The molecule has 7 nitrogen and oxygen atoms in total. The van der Waals surface area contributed by atoms with Crippen molar-refractivity contribution in [1.29, 1.82) is 0 Å². The van der Waals surface area contributed by atoms with Crippen LogP contribution in [0.1, 0.15) is 28.6 Å². The van der Waals surface area contributed by atoms with E-state index in [2.05, 4.69) is 9.88 Å². The van der Waals surface area contributed by atoms with Crippen molar-refractivity contribution in [3.05, 3.63) is 42.0 Å². The zero-order valence-corrected chi connectivity index (χ0v) is 13.4. The van der Waals surface area contributed by atoms with Crippen LogP contribution in [0.4, 0.5) is 0 Å². The Labute approximate surface area is 139 Å². The lowest BCUT2D eigenvalue weighted by Gasteiger charge is -2.38. The predicted octanol–water partition coefficient (Wildman–Crippen LogP) is 1.15. The van der Waals surface area contributed by atoms with Crippen molar-refractivity contribution in [1.82, 2.24) is 14.8 Å². The highest BCUT2D eigenvalue weighted by molar-refractivity contribution is 5.92. The number of β-amino-alcohol motifs (C(OH)–C–C–N with tert-alkyl or cyclic N) is 1. The van der Waals surface area contributed by atoms with Gasteiger partial charge in [0.1, 0.15) is 12.0 Å². The number of aromatic nitrogens is 1. The van der Waals surface area contributed by atoms with Crippen molar-refractivity contribution in [2.75, 3.05) is 26.2 Å². The van der Waals surface area contributed by atoms with Crippen molar-refractivity contribution in [3.8, 4) is 0 Å². The third kappa shape index (κ3) is 3.22. The minimum Gasteiger partial charge on any atom is -0.469 e. The zero-order valence-electron chi connectivity index (χ0n) is 13.4. The summed E-state index contributed by atoms with van der Waals surface area (Å²) in [6, 6.07) is 3.84. The van der Waals surface area contributed by atoms with Gasteiger partial charge >= 0.3 is 0 Å². The molecule has 0 saturated carbocycles. The molecule has 2 aliphatic heterocycles. The first-order chi connectivity index (χ1) is 11.7. The number of amides is 1. The number of carbonyl (C=O) groups excluding carboxylic acids is 1. The van der Waals surface area contributed by atoms with E-state index in [0.29, 0.717) is 30.6 Å². The maximum absolute atomic E-state index is 12.4. The van der Waals surface area contributed by atoms with Crippen LogP contribution in [0.15, 0.2) is 33.5 Å². The maximum atomic E-state index is 12.4. The van der Waals surface area contributed by atoms with Crippen LogP contribution in [0.3, 0.4) is 0 Å². The Morgan fingerprint density at radius 1 is 1.33 bits per heavy atom. The number of oxazole rings is 1. The average molecular weight is 331 g/mol. The van der Waals surface area contributed by atoms with Crippen LogP contribution in [-0.4, -0.2) is 58.1 Å². The Morgan fingerprint density at radius 2 is 2.21 bits per heavy atom. The summed E-state index contributed by atoms with van der Waals surface area (Å²) in [5.41, 5.74) is 0.362. The van der Waals surface area contributed by atoms with Crippen LogP contribution in [-0.2, 0) is 13.0 Å². The Morgan fingerprint density at radius 3 is 2.92 bits per heavy atom. The molecule has 2 fully saturated rings. The second kappa shape index (κ2) is 6.41. The number of nitrogens with zero attached hydrogens (tertiary/aromatic N) is 3. The SMILES string of the molecule is O=C(c1coc(CN2CCC(O)C2)n1)N1CC(Cc2ccco2)C1. The first-order valence-corrected chi connectivity index (χ1v) is 8.34. The smallest absolute Gasteiger partial charge is 0.275 e. The highest BCUT2D eigenvalue weighted by Crippen LogP contribution is 2.23. The molecule has 0 spiro atoms. The van der Waals surface area contributed by atoms with E-state index in [4.69, 9.17) is 8.83 Å². The number of furan rings is 1. The summed E-state index contributed by atoms with van der Waals surface area (Å²) in [4.78, 5) is 20.6. The second-order valence-electron chi connectivity index (χ2n) is 6.66. The van der Waals surface area contributed by atoms with Crippen LogP contribution < -0.4 is 0 Å². The zero-order chi connectivity index (χ0) is 16.5. The first kappa shape index (κ1) is 15.4. The molecule has 128 valence electrons. The molecule has 4 heterocycles. The minimum atomic E-state index is -0.270. The van der Waals surface area contributed by atoms with Gasteiger partial charge in [-0.15, -0.1) is 0 Å². The number of rotatable bonds is 5. The Balaban J connectivity index is 1.28. The van der Waals surface area contributed by atoms with Gasteiger partial charge in [-0.3, -0.25) is 9.69 Å². The van der Waals surface area contributed by atoms with Crippen LogP contribution in [0.2, 0.25) is 0 Å². The molecule has 0 radical (unpaired) electrons. The molecule has 2 aromatic heterocycles. The average Bonchev–Trinajstić information content (AvgIpc) is 3.25. The van der Waals surface area contributed by atoms with Gasteiger partial charge in [0.2, 0.25) is 5.89 Å². The van der Waals surface area contributed by atoms with E-state index in [-0.39, 0.29) is 12.0 Å². The Hall–Kier alpha value is -2.12. The van der Waals surface area contributed by atoms with Gasteiger partial charge < -0.3 is 18.8 Å². The number of carbonyl (C=O) groups is 1. The van der Waals surface area contributed by atoms with Crippen molar-refractivity contribution < 1.29 is 18.7 Å². The largest absolute Gasteiger partial charge is 0.469 e. The van der Waals surface area contributed by atoms with Gasteiger partial charge in [0, 0.05) is 38.5 Å². The molecule has 7 heteroatoms. The van der Waals surface area contributed by atoms with Crippen molar-refractivity contribution in [2.24, 2.45) is 5.92 Å². The fraction of sp³-hybridized carbons (Fsp3) is 0.529. The number of hydrogen-bond acceptors (Lipinski definition) is 6. The van der Waals surface area contributed by atoms with Gasteiger partial charge in [0.15, 0.2) is 5.69 Å². The molecule has 24 heavy (non-hydrogen) atoms. The van der Waals surface area contributed by atoms with Crippen LogP contribution >= 0.6 is 0 Å². The van der Waals surface area contributed by atoms with E-state index in [1.807, 2.05) is 12.1 Å². The quantitative estimate of drug-likeness (QED) is 0.885. The monoisotopic (exact) mass is 331 g/mol. The fourth-order valence-electron chi connectivity index (χ4n) is 3.37. The lowest BCUT2D eigenvalue weighted by molar-refractivity contribution is 0.0486. The summed E-state index contributed by atoms with van der Waals surface area (Å²) in [6.45, 7) is 3.44. The molecule has 0 aliphatic carbocycles. The van der Waals surface area contributed by atoms with E-state index in [1.54, 1.807) is 11.2 Å². The molecule has 0 aromatic carbocycles. The molecule has 4 rings (SSSR count). The summed E-state index contributed by atoms with van der Waals surface area (Å²) < 4.78 is 10.8. The molecule has 2 aliphatic rings. The molecule has 2 saturated heterocycles. The summed E-state index contributed by atoms with van der Waals surface area (Å²) >= 11 is 0. The molecule has 1 atom stereocenters. The van der Waals surface area contributed by atoms with Gasteiger partial charge in [-0.05, 0) is 18.6 Å². The summed E-state index contributed by atoms with van der Waals surface area (Å²) in [5.74, 6) is 1.85. The summed E-state index contributed by atoms with van der Waals surface area (Å²) in [7, 11) is 0. The van der Waals surface area contributed by atoms with E-state index < -0.39 is 0 Å². The first-order valence-electron chi connectivity index (χ1n) is 8.34. The molecule has 2 aromatic rings. The number of aliphatic hydroxyl groups is 1. The van der Waals surface area contributed by atoms with Crippen LogP contribution in [0.5, 0.6) is 0 Å². The summed E-state index contributed by atoms with van der Waals surface area (Å²) in [5, 5.41) is 9.54. The Kier molecular flexibility index (Phi) is 4.12. The van der Waals surface area contributed by atoms with Crippen molar-refractivity contribution >= 4 is 5.91 Å². The number of aliphatic hydroxyl groups excluding tert-OH is 1. The summed E-state index contributed by atoms with van der Waals surface area (Å²) in [6.07, 6.45) is 4.47. The second-order valence-corrected chi connectivity index (χ2v) is 6.66. The maximum Gasteiger partial charge on any atom is 0.275 e. The normalized spacial score (nSPS) is 22.0. The standard InChI is InChI=1S/C17H21N3O4/c21-13-3-4-19(9-13)10-16-18-15(11-24-16)17(22)20-7-12(8-20)6-14-2-1-5-23-14/h1-2,5,11-13,21H,3-4,6-10H2. The van der Waals surface area contributed by atoms with Gasteiger partial charge in [-0.2, -0.15) is 0 Å². The molecule has 0 bridgehead atoms.